The number of rotatable bonds is 2. The molecule has 2 bridgehead atoms. The van der Waals surface area contributed by atoms with Crippen LogP contribution in [0.15, 0.2) is 12.7 Å². The molecule has 80 valence electrons. The second-order valence-corrected chi connectivity index (χ2v) is 4.77. The van der Waals surface area contributed by atoms with Gasteiger partial charge in [0.05, 0.1) is 0 Å². The second-order valence-electron chi connectivity index (χ2n) is 4.77. The van der Waals surface area contributed by atoms with Crippen LogP contribution in [0.5, 0.6) is 0 Å². The van der Waals surface area contributed by atoms with Gasteiger partial charge in [-0.3, -0.25) is 0 Å². The van der Waals surface area contributed by atoms with E-state index in [1.807, 2.05) is 6.92 Å². The third kappa shape index (κ3) is 1.54. The minimum Gasteiger partial charge on any atom is -0.456 e. The first kappa shape index (κ1) is 10.2. The van der Waals surface area contributed by atoms with E-state index in [2.05, 4.69) is 11.4 Å². The molecule has 4 atom stereocenters. The van der Waals surface area contributed by atoms with Gasteiger partial charge in [-0.25, -0.2) is 11.4 Å². The van der Waals surface area contributed by atoms with E-state index in [-0.39, 0.29) is 17.6 Å². The van der Waals surface area contributed by atoms with Crippen LogP contribution < -0.4 is 0 Å². The summed E-state index contributed by atoms with van der Waals surface area (Å²) in [5.74, 6) is 0.449. The van der Waals surface area contributed by atoms with Gasteiger partial charge in [-0.05, 0) is 19.8 Å². The summed E-state index contributed by atoms with van der Waals surface area (Å²) in [6.07, 6.45) is 3.97. The van der Waals surface area contributed by atoms with E-state index in [0.29, 0.717) is 11.8 Å². The lowest BCUT2D eigenvalue weighted by atomic mass is 9.83. The highest BCUT2D eigenvalue weighted by molar-refractivity contribution is 5.81. The zero-order chi connectivity index (χ0) is 11.1. The standard InChI is InChI=1S/C12H15NO2/c1-4-11(14)15-12(2)7-8-5-9(12)6-10(8)13-3/h4,8-10H,1,5-7H2,2H3. The summed E-state index contributed by atoms with van der Waals surface area (Å²) in [5.41, 5.74) is -0.350. The van der Waals surface area contributed by atoms with Crippen LogP contribution in [-0.2, 0) is 9.53 Å². The van der Waals surface area contributed by atoms with E-state index >= 15 is 0 Å². The molecule has 4 unspecified atom stereocenters. The molecule has 0 heterocycles. The van der Waals surface area contributed by atoms with Crippen molar-refractivity contribution in [2.45, 2.75) is 37.8 Å². The minimum atomic E-state index is -0.350. The predicted molar refractivity (Wildman–Crippen MR) is 55.9 cm³/mol. The van der Waals surface area contributed by atoms with Crippen molar-refractivity contribution in [1.29, 1.82) is 0 Å². The van der Waals surface area contributed by atoms with Gasteiger partial charge in [0, 0.05) is 24.3 Å². The van der Waals surface area contributed by atoms with Crippen LogP contribution in [0.4, 0.5) is 0 Å². The predicted octanol–water partition coefficient (Wildman–Crippen LogP) is 2.19. The molecule has 0 amide bonds. The summed E-state index contributed by atoms with van der Waals surface area (Å²) < 4.78 is 5.41. The Bertz CT molecular complexity index is 344. The van der Waals surface area contributed by atoms with Gasteiger partial charge in [0.1, 0.15) is 5.60 Å². The molecule has 0 N–H and O–H groups in total. The van der Waals surface area contributed by atoms with Crippen molar-refractivity contribution >= 4 is 5.97 Å². The maximum atomic E-state index is 11.2. The fraction of sp³-hybridized carbons (Fsp3) is 0.667. The number of hydrogen-bond donors (Lipinski definition) is 0. The summed E-state index contributed by atoms with van der Waals surface area (Å²) >= 11 is 0. The number of carbonyl (C=O) groups is 1. The summed E-state index contributed by atoms with van der Waals surface area (Å²) in [6.45, 7) is 12.5. The molecular weight excluding hydrogens is 190 g/mol. The maximum Gasteiger partial charge on any atom is 0.330 e. The largest absolute Gasteiger partial charge is 0.456 e. The first-order valence-corrected chi connectivity index (χ1v) is 5.31. The van der Waals surface area contributed by atoms with Crippen molar-refractivity contribution in [3.63, 3.8) is 0 Å². The van der Waals surface area contributed by atoms with Gasteiger partial charge in [0.15, 0.2) is 0 Å². The number of esters is 1. The summed E-state index contributed by atoms with van der Waals surface area (Å²) in [5, 5.41) is 0. The molecule has 0 aromatic carbocycles. The molecule has 2 rings (SSSR count). The van der Waals surface area contributed by atoms with Gasteiger partial charge in [-0.1, -0.05) is 6.58 Å². The van der Waals surface area contributed by atoms with Crippen LogP contribution in [0, 0.1) is 18.4 Å². The lowest BCUT2D eigenvalue weighted by Gasteiger charge is -2.33. The van der Waals surface area contributed by atoms with E-state index in [1.165, 1.54) is 6.08 Å². The molecule has 2 saturated carbocycles. The van der Waals surface area contributed by atoms with Gasteiger partial charge < -0.3 is 9.58 Å². The third-order valence-corrected chi connectivity index (χ3v) is 3.85. The average Bonchev–Trinajstić information content (AvgIpc) is 2.73. The topological polar surface area (TPSA) is 30.7 Å². The normalized spacial score (nSPS) is 42.3. The van der Waals surface area contributed by atoms with Crippen LogP contribution in [-0.4, -0.2) is 17.6 Å². The maximum absolute atomic E-state index is 11.2. The monoisotopic (exact) mass is 205 g/mol. The fourth-order valence-electron chi connectivity index (χ4n) is 3.06. The molecular formula is C12H15NO2. The Balaban J connectivity index is 2.07. The van der Waals surface area contributed by atoms with Crippen molar-refractivity contribution in [2.75, 3.05) is 0 Å². The fourth-order valence-corrected chi connectivity index (χ4v) is 3.06. The lowest BCUT2D eigenvalue weighted by molar-refractivity contribution is -0.157. The first-order chi connectivity index (χ1) is 7.09. The number of nitrogens with zero attached hydrogens (tertiary/aromatic N) is 1. The second kappa shape index (κ2) is 3.37. The van der Waals surface area contributed by atoms with Gasteiger partial charge in [0.2, 0.25) is 6.04 Å². The zero-order valence-electron chi connectivity index (χ0n) is 8.90. The van der Waals surface area contributed by atoms with Crippen LogP contribution in [0.3, 0.4) is 0 Å². The SMILES string of the molecule is [C-]#[N+]C1CC2CC1CC2(C)OC(=O)C=C. The van der Waals surface area contributed by atoms with Crippen molar-refractivity contribution in [2.24, 2.45) is 11.8 Å². The molecule has 0 saturated heterocycles. The van der Waals surface area contributed by atoms with E-state index < -0.39 is 0 Å². The number of ether oxygens (including phenoxy) is 1. The summed E-state index contributed by atoms with van der Waals surface area (Å²) in [6, 6.07) is 0.158. The highest BCUT2D eigenvalue weighted by Crippen LogP contribution is 2.53. The van der Waals surface area contributed by atoms with Crippen LogP contribution in [0.25, 0.3) is 4.85 Å². The highest BCUT2D eigenvalue weighted by Gasteiger charge is 2.57. The molecule has 0 aromatic rings. The van der Waals surface area contributed by atoms with E-state index in [4.69, 9.17) is 11.3 Å². The Morgan fingerprint density at radius 2 is 2.40 bits per heavy atom. The van der Waals surface area contributed by atoms with E-state index in [9.17, 15) is 4.79 Å². The Kier molecular flexibility index (Phi) is 2.30. The number of carbonyl (C=O) groups excluding carboxylic acids is 1. The van der Waals surface area contributed by atoms with Gasteiger partial charge >= 0.3 is 5.97 Å². The molecule has 3 heteroatoms. The van der Waals surface area contributed by atoms with Gasteiger partial charge in [-0.2, -0.15) is 0 Å². The highest BCUT2D eigenvalue weighted by atomic mass is 16.6. The van der Waals surface area contributed by atoms with Crippen molar-refractivity contribution in [3.8, 4) is 0 Å². The molecule has 2 aliphatic carbocycles. The van der Waals surface area contributed by atoms with Gasteiger partial charge in [-0.15, -0.1) is 0 Å². The van der Waals surface area contributed by atoms with Crippen LogP contribution in [0.1, 0.15) is 26.2 Å². The van der Waals surface area contributed by atoms with Crippen LogP contribution in [0.2, 0.25) is 0 Å². The van der Waals surface area contributed by atoms with Crippen molar-refractivity contribution in [3.05, 3.63) is 24.1 Å². The molecule has 3 nitrogen and oxygen atoms in total. The molecule has 0 aliphatic heterocycles. The van der Waals surface area contributed by atoms with E-state index in [1.54, 1.807) is 0 Å². The van der Waals surface area contributed by atoms with E-state index in [0.717, 1.165) is 19.3 Å². The van der Waals surface area contributed by atoms with Gasteiger partial charge in [0.25, 0.3) is 0 Å². The molecule has 2 aliphatic rings. The first-order valence-electron chi connectivity index (χ1n) is 5.31. The summed E-state index contributed by atoms with van der Waals surface area (Å²) in [7, 11) is 0. The zero-order valence-corrected chi connectivity index (χ0v) is 8.90. The van der Waals surface area contributed by atoms with Crippen LogP contribution >= 0.6 is 0 Å². The van der Waals surface area contributed by atoms with Crippen molar-refractivity contribution < 1.29 is 9.53 Å². The Morgan fingerprint density at radius 1 is 1.67 bits per heavy atom. The molecule has 0 spiro atoms. The number of hydrogen-bond acceptors (Lipinski definition) is 2. The third-order valence-electron chi connectivity index (χ3n) is 3.85. The molecule has 15 heavy (non-hydrogen) atoms. The Labute approximate surface area is 89.9 Å². The molecule has 2 fully saturated rings. The lowest BCUT2D eigenvalue weighted by Crippen LogP contribution is -2.39. The smallest absolute Gasteiger partial charge is 0.330 e. The minimum absolute atomic E-state index is 0.158. The Hall–Kier alpha value is -1.30. The average molecular weight is 205 g/mol. The Morgan fingerprint density at radius 3 is 2.87 bits per heavy atom. The quantitative estimate of drug-likeness (QED) is 0.393. The number of fused-ring (bicyclic) bond motifs is 2. The van der Waals surface area contributed by atoms with Crippen molar-refractivity contribution in [1.82, 2.24) is 0 Å². The molecule has 0 radical (unpaired) electrons. The molecule has 0 aromatic heterocycles. The summed E-state index contributed by atoms with van der Waals surface area (Å²) in [4.78, 5) is 14.8.